The van der Waals surface area contributed by atoms with Crippen molar-refractivity contribution in [3.05, 3.63) is 36.4 Å². The molecule has 2 N–H and O–H groups in total. The lowest BCUT2D eigenvalue weighted by molar-refractivity contribution is -0.137. The highest BCUT2D eigenvalue weighted by molar-refractivity contribution is 5.89. The summed E-state index contributed by atoms with van der Waals surface area (Å²) in [6.45, 7) is 6.17. The summed E-state index contributed by atoms with van der Waals surface area (Å²) in [5.74, 6) is -0.311. The van der Waals surface area contributed by atoms with E-state index in [2.05, 4.69) is 11.9 Å². The lowest BCUT2D eigenvalue weighted by atomic mass is 10.3. The molecule has 114 valence electrons. The number of ether oxygens (including phenoxy) is 1. The van der Waals surface area contributed by atoms with Gasteiger partial charge in [-0.05, 0) is 24.6 Å². The number of carboxylic acid groups (broad SMARTS) is 1. The van der Waals surface area contributed by atoms with E-state index >= 15 is 0 Å². The van der Waals surface area contributed by atoms with Gasteiger partial charge in [-0.2, -0.15) is 0 Å². The Morgan fingerprint density at radius 2 is 2.14 bits per heavy atom. The van der Waals surface area contributed by atoms with Crippen molar-refractivity contribution in [2.45, 2.75) is 13.3 Å². The zero-order chi connectivity index (χ0) is 15.8. The first-order chi connectivity index (χ1) is 9.88. The summed E-state index contributed by atoms with van der Waals surface area (Å²) in [5, 5.41) is 11.3. The number of rotatable bonds is 7. The molecule has 6 nitrogen and oxygen atoms in total. The zero-order valence-electron chi connectivity index (χ0n) is 12.3. The second-order valence-electron chi connectivity index (χ2n) is 4.77. The molecule has 0 spiro atoms. The number of urea groups is 1. The first-order valence-corrected chi connectivity index (χ1v) is 6.49. The average molecular weight is 292 g/mol. The largest absolute Gasteiger partial charge is 0.489 e. The van der Waals surface area contributed by atoms with E-state index in [1.165, 1.54) is 4.90 Å². The van der Waals surface area contributed by atoms with Crippen LogP contribution in [0.25, 0.3) is 0 Å². The van der Waals surface area contributed by atoms with Crippen LogP contribution in [0.15, 0.2) is 36.4 Å². The third-order valence-corrected chi connectivity index (χ3v) is 2.58. The maximum atomic E-state index is 11.9. The van der Waals surface area contributed by atoms with Crippen LogP contribution in [0.3, 0.4) is 0 Å². The van der Waals surface area contributed by atoms with E-state index in [0.717, 1.165) is 5.57 Å². The van der Waals surface area contributed by atoms with Crippen LogP contribution >= 0.6 is 0 Å². The fraction of sp³-hybridized carbons (Fsp3) is 0.333. The molecule has 0 unspecified atom stereocenters. The van der Waals surface area contributed by atoms with Crippen molar-refractivity contribution in [1.82, 2.24) is 4.90 Å². The number of nitrogens with one attached hydrogen (secondary N) is 1. The minimum atomic E-state index is -0.940. The molecule has 1 rings (SSSR count). The Kier molecular flexibility index (Phi) is 6.26. The number of benzene rings is 1. The monoisotopic (exact) mass is 292 g/mol. The Hall–Kier alpha value is -2.50. The first kappa shape index (κ1) is 16.6. The molecule has 6 heteroatoms. The third kappa shape index (κ3) is 6.47. The quantitative estimate of drug-likeness (QED) is 0.757. The van der Waals surface area contributed by atoms with Gasteiger partial charge in [0.2, 0.25) is 0 Å². The highest BCUT2D eigenvalue weighted by Gasteiger charge is 2.10. The molecule has 0 radical (unpaired) electrons. The van der Waals surface area contributed by atoms with Gasteiger partial charge in [0.1, 0.15) is 12.4 Å². The SMILES string of the molecule is C=C(C)COc1cccc(NC(=O)N(C)CCC(=O)O)c1. The van der Waals surface area contributed by atoms with Crippen molar-refractivity contribution in [3.8, 4) is 5.75 Å². The molecule has 2 amide bonds. The Morgan fingerprint density at radius 3 is 2.76 bits per heavy atom. The second-order valence-corrected chi connectivity index (χ2v) is 4.77. The third-order valence-electron chi connectivity index (χ3n) is 2.58. The van der Waals surface area contributed by atoms with Crippen LogP contribution in [0.5, 0.6) is 5.75 Å². The summed E-state index contributed by atoms with van der Waals surface area (Å²) in [6, 6.07) is 6.61. The number of amides is 2. The lowest BCUT2D eigenvalue weighted by Gasteiger charge is -2.17. The van der Waals surface area contributed by atoms with Gasteiger partial charge in [0, 0.05) is 25.3 Å². The van der Waals surface area contributed by atoms with Gasteiger partial charge in [-0.3, -0.25) is 4.79 Å². The Bertz CT molecular complexity index is 528. The lowest BCUT2D eigenvalue weighted by Crippen LogP contribution is -2.33. The van der Waals surface area contributed by atoms with E-state index in [1.54, 1.807) is 31.3 Å². The van der Waals surface area contributed by atoms with E-state index in [1.807, 2.05) is 6.92 Å². The molecule has 0 fully saturated rings. The minimum absolute atomic E-state index is 0.0916. The first-order valence-electron chi connectivity index (χ1n) is 6.49. The number of anilines is 1. The van der Waals surface area contributed by atoms with Gasteiger partial charge in [0.05, 0.1) is 6.42 Å². The van der Waals surface area contributed by atoms with E-state index in [0.29, 0.717) is 18.0 Å². The van der Waals surface area contributed by atoms with Crippen LogP contribution in [0.2, 0.25) is 0 Å². The van der Waals surface area contributed by atoms with Crippen LogP contribution in [-0.4, -0.2) is 42.2 Å². The number of carboxylic acids is 1. The smallest absolute Gasteiger partial charge is 0.321 e. The maximum Gasteiger partial charge on any atom is 0.321 e. The molecule has 0 aliphatic carbocycles. The normalized spacial score (nSPS) is 9.81. The summed E-state index contributed by atoms with van der Waals surface area (Å²) in [6.07, 6.45) is -0.0916. The van der Waals surface area contributed by atoms with Crippen molar-refractivity contribution in [2.24, 2.45) is 0 Å². The molecular weight excluding hydrogens is 272 g/mol. The predicted molar refractivity (Wildman–Crippen MR) is 80.7 cm³/mol. The van der Waals surface area contributed by atoms with Crippen molar-refractivity contribution in [1.29, 1.82) is 0 Å². The Labute approximate surface area is 124 Å². The second kappa shape index (κ2) is 7.94. The Morgan fingerprint density at radius 1 is 1.43 bits per heavy atom. The summed E-state index contributed by atoms with van der Waals surface area (Å²) in [4.78, 5) is 23.7. The minimum Gasteiger partial charge on any atom is -0.489 e. The molecule has 1 aromatic rings. The molecule has 0 aromatic heterocycles. The number of hydrogen-bond donors (Lipinski definition) is 2. The van der Waals surface area contributed by atoms with Gasteiger partial charge in [-0.25, -0.2) is 4.79 Å². The van der Waals surface area contributed by atoms with Gasteiger partial charge in [0.15, 0.2) is 0 Å². The number of hydrogen-bond acceptors (Lipinski definition) is 3. The fourth-order valence-electron chi connectivity index (χ4n) is 1.45. The zero-order valence-corrected chi connectivity index (χ0v) is 12.3. The average Bonchev–Trinajstić information content (AvgIpc) is 2.42. The molecule has 0 aliphatic heterocycles. The van der Waals surface area contributed by atoms with E-state index in [4.69, 9.17) is 9.84 Å². The predicted octanol–water partition coefficient (Wildman–Crippen LogP) is 2.58. The van der Waals surface area contributed by atoms with Gasteiger partial charge < -0.3 is 20.1 Å². The molecule has 0 aliphatic rings. The van der Waals surface area contributed by atoms with Crippen LogP contribution in [0.4, 0.5) is 10.5 Å². The fourth-order valence-corrected chi connectivity index (χ4v) is 1.45. The summed E-state index contributed by atoms with van der Waals surface area (Å²) in [5.41, 5.74) is 1.49. The van der Waals surface area contributed by atoms with Crippen molar-refractivity contribution in [2.75, 3.05) is 25.5 Å². The molecule has 0 saturated carbocycles. The van der Waals surface area contributed by atoms with Gasteiger partial charge in [-0.15, -0.1) is 0 Å². The molecule has 0 heterocycles. The van der Waals surface area contributed by atoms with Gasteiger partial charge in [0.25, 0.3) is 0 Å². The van der Waals surface area contributed by atoms with Crippen molar-refractivity contribution >= 4 is 17.7 Å². The van der Waals surface area contributed by atoms with Gasteiger partial charge >= 0.3 is 12.0 Å². The van der Waals surface area contributed by atoms with Crippen LogP contribution < -0.4 is 10.1 Å². The molecule has 0 bridgehead atoms. The molecular formula is C15H20N2O4. The van der Waals surface area contributed by atoms with Crippen molar-refractivity contribution in [3.63, 3.8) is 0 Å². The van der Waals surface area contributed by atoms with Crippen LogP contribution in [0, 0.1) is 0 Å². The topological polar surface area (TPSA) is 78.9 Å². The van der Waals surface area contributed by atoms with Crippen molar-refractivity contribution < 1.29 is 19.4 Å². The van der Waals surface area contributed by atoms with E-state index in [-0.39, 0.29) is 19.0 Å². The van der Waals surface area contributed by atoms with Crippen LogP contribution in [-0.2, 0) is 4.79 Å². The standard InChI is InChI=1S/C15H20N2O4/c1-11(2)10-21-13-6-4-5-12(9-13)16-15(20)17(3)8-7-14(18)19/h4-6,9H,1,7-8,10H2,2-3H3,(H,16,20)(H,18,19). The number of nitrogens with zero attached hydrogens (tertiary/aromatic N) is 1. The highest BCUT2D eigenvalue weighted by Crippen LogP contribution is 2.18. The van der Waals surface area contributed by atoms with E-state index < -0.39 is 5.97 Å². The molecule has 1 aromatic carbocycles. The molecule has 0 atom stereocenters. The summed E-state index contributed by atoms with van der Waals surface area (Å²) in [7, 11) is 1.54. The maximum absolute atomic E-state index is 11.9. The number of aliphatic carboxylic acids is 1. The molecule has 0 saturated heterocycles. The summed E-state index contributed by atoms with van der Waals surface area (Å²) < 4.78 is 5.49. The van der Waals surface area contributed by atoms with Crippen LogP contribution in [0.1, 0.15) is 13.3 Å². The van der Waals surface area contributed by atoms with Gasteiger partial charge in [-0.1, -0.05) is 12.6 Å². The summed E-state index contributed by atoms with van der Waals surface area (Å²) >= 11 is 0. The molecule has 21 heavy (non-hydrogen) atoms. The van der Waals surface area contributed by atoms with E-state index in [9.17, 15) is 9.59 Å². The number of carbonyl (C=O) groups is 2. The number of carbonyl (C=O) groups excluding carboxylic acids is 1. The Balaban J connectivity index is 2.57. The highest BCUT2D eigenvalue weighted by atomic mass is 16.5.